The average Bonchev–Trinajstić information content (AvgIpc) is 2.84. The molecule has 3 rings (SSSR count). The second kappa shape index (κ2) is 4.26. The Labute approximate surface area is 112 Å². The zero-order valence-electron chi connectivity index (χ0n) is 9.04. The SMILES string of the molecule is O=C1Nc2cc(Cl)c(F)cc2NC1c1cccs1. The zero-order valence-corrected chi connectivity index (χ0v) is 10.6. The van der Waals surface area contributed by atoms with E-state index in [1.54, 1.807) is 0 Å². The summed E-state index contributed by atoms with van der Waals surface area (Å²) in [5, 5.41) is 7.62. The third-order valence-electron chi connectivity index (χ3n) is 2.71. The monoisotopic (exact) mass is 282 g/mol. The Bertz CT molecular complexity index is 615. The Balaban J connectivity index is 2.01. The summed E-state index contributed by atoms with van der Waals surface area (Å²) in [5.74, 6) is -0.684. The number of benzene rings is 1. The number of anilines is 2. The number of thiophene rings is 1. The second-order valence-corrected chi connectivity index (χ2v) is 5.28. The van der Waals surface area contributed by atoms with E-state index in [-0.39, 0.29) is 10.9 Å². The van der Waals surface area contributed by atoms with Crippen molar-refractivity contribution in [3.05, 3.63) is 45.4 Å². The van der Waals surface area contributed by atoms with Crippen LogP contribution in [0.3, 0.4) is 0 Å². The van der Waals surface area contributed by atoms with Crippen molar-refractivity contribution in [2.24, 2.45) is 0 Å². The van der Waals surface area contributed by atoms with Crippen LogP contribution >= 0.6 is 22.9 Å². The Kier molecular flexibility index (Phi) is 2.72. The standard InChI is InChI=1S/C12H8ClFN2OS/c13-6-4-8-9(5-7(6)14)15-11(12(17)16-8)10-2-1-3-18-10/h1-5,11,15H,(H,16,17). The van der Waals surface area contributed by atoms with Crippen LogP contribution in [0.4, 0.5) is 15.8 Å². The lowest BCUT2D eigenvalue weighted by Gasteiger charge is -2.26. The van der Waals surface area contributed by atoms with E-state index in [2.05, 4.69) is 10.6 Å². The molecule has 92 valence electrons. The topological polar surface area (TPSA) is 41.1 Å². The number of fused-ring (bicyclic) bond motifs is 1. The Hall–Kier alpha value is -1.59. The van der Waals surface area contributed by atoms with Crippen molar-refractivity contribution < 1.29 is 9.18 Å². The number of hydrogen-bond donors (Lipinski definition) is 2. The van der Waals surface area contributed by atoms with Crippen LogP contribution in [0, 0.1) is 5.82 Å². The van der Waals surface area contributed by atoms with Crippen LogP contribution in [0.25, 0.3) is 0 Å². The van der Waals surface area contributed by atoms with Gasteiger partial charge in [-0.25, -0.2) is 4.39 Å². The third kappa shape index (κ3) is 1.85. The van der Waals surface area contributed by atoms with Crippen LogP contribution in [0.1, 0.15) is 10.9 Å². The van der Waals surface area contributed by atoms with E-state index in [1.165, 1.54) is 23.5 Å². The molecule has 2 N–H and O–H groups in total. The average molecular weight is 283 g/mol. The van der Waals surface area contributed by atoms with Crippen molar-refractivity contribution in [3.63, 3.8) is 0 Å². The molecule has 1 atom stereocenters. The highest BCUT2D eigenvalue weighted by molar-refractivity contribution is 7.10. The largest absolute Gasteiger partial charge is 0.368 e. The van der Waals surface area contributed by atoms with E-state index >= 15 is 0 Å². The summed E-state index contributed by atoms with van der Waals surface area (Å²) in [6, 6.07) is 5.93. The van der Waals surface area contributed by atoms with Gasteiger partial charge in [-0.05, 0) is 17.5 Å². The molecule has 18 heavy (non-hydrogen) atoms. The molecular formula is C12H8ClFN2OS. The van der Waals surface area contributed by atoms with E-state index in [4.69, 9.17) is 11.6 Å². The van der Waals surface area contributed by atoms with Gasteiger partial charge < -0.3 is 10.6 Å². The summed E-state index contributed by atoms with van der Waals surface area (Å²) in [6.45, 7) is 0. The first-order chi connectivity index (χ1) is 8.65. The molecule has 6 heteroatoms. The van der Waals surface area contributed by atoms with E-state index in [9.17, 15) is 9.18 Å². The summed E-state index contributed by atoms with van der Waals surface area (Å²) < 4.78 is 13.4. The van der Waals surface area contributed by atoms with Crippen LogP contribution in [0.5, 0.6) is 0 Å². The van der Waals surface area contributed by atoms with Crippen molar-refractivity contribution in [1.82, 2.24) is 0 Å². The summed E-state index contributed by atoms with van der Waals surface area (Å²) in [7, 11) is 0. The van der Waals surface area contributed by atoms with E-state index in [0.29, 0.717) is 11.4 Å². The first-order valence-electron chi connectivity index (χ1n) is 5.25. The molecule has 1 amide bonds. The third-order valence-corrected chi connectivity index (χ3v) is 3.93. The first kappa shape index (κ1) is 11.5. The lowest BCUT2D eigenvalue weighted by Crippen LogP contribution is -2.31. The van der Waals surface area contributed by atoms with Crippen molar-refractivity contribution in [2.45, 2.75) is 6.04 Å². The van der Waals surface area contributed by atoms with Crippen molar-refractivity contribution in [1.29, 1.82) is 0 Å². The quantitative estimate of drug-likeness (QED) is 0.838. The molecule has 0 saturated heterocycles. The fourth-order valence-corrected chi connectivity index (χ4v) is 2.79. The van der Waals surface area contributed by atoms with Gasteiger partial charge in [0.1, 0.15) is 11.9 Å². The lowest BCUT2D eigenvalue weighted by molar-refractivity contribution is -0.117. The fraction of sp³-hybridized carbons (Fsp3) is 0.0833. The number of rotatable bonds is 1. The van der Waals surface area contributed by atoms with Crippen LogP contribution in [-0.2, 0) is 4.79 Å². The van der Waals surface area contributed by atoms with Gasteiger partial charge in [0.2, 0.25) is 0 Å². The maximum Gasteiger partial charge on any atom is 0.252 e. The van der Waals surface area contributed by atoms with Gasteiger partial charge in [-0.2, -0.15) is 0 Å². The van der Waals surface area contributed by atoms with Crippen LogP contribution < -0.4 is 10.6 Å². The molecule has 0 aliphatic carbocycles. The highest BCUT2D eigenvalue weighted by Crippen LogP contribution is 2.36. The van der Waals surface area contributed by atoms with Crippen molar-refractivity contribution in [3.8, 4) is 0 Å². The number of nitrogens with one attached hydrogen (secondary N) is 2. The molecule has 3 nitrogen and oxygen atoms in total. The Morgan fingerprint density at radius 2 is 2.17 bits per heavy atom. The highest BCUT2D eigenvalue weighted by Gasteiger charge is 2.28. The predicted molar refractivity (Wildman–Crippen MR) is 70.7 cm³/mol. The number of amides is 1. The minimum Gasteiger partial charge on any atom is -0.368 e. The summed E-state index contributed by atoms with van der Waals surface area (Å²) in [6.07, 6.45) is 0. The molecule has 0 radical (unpaired) electrons. The summed E-state index contributed by atoms with van der Waals surface area (Å²) in [5.41, 5.74) is 1.04. The number of carbonyl (C=O) groups is 1. The Morgan fingerprint density at radius 3 is 2.89 bits per heavy atom. The minimum atomic E-state index is -0.510. The van der Waals surface area contributed by atoms with E-state index in [0.717, 1.165) is 4.88 Å². The highest BCUT2D eigenvalue weighted by atomic mass is 35.5. The fourth-order valence-electron chi connectivity index (χ4n) is 1.85. The van der Waals surface area contributed by atoms with Crippen LogP contribution in [-0.4, -0.2) is 5.91 Å². The number of halogens is 2. The molecule has 0 saturated carbocycles. The second-order valence-electron chi connectivity index (χ2n) is 3.89. The molecule has 2 heterocycles. The predicted octanol–water partition coefficient (Wildman–Crippen LogP) is 3.65. The molecule has 0 spiro atoms. The van der Waals surface area contributed by atoms with Gasteiger partial charge in [0, 0.05) is 10.9 Å². The first-order valence-corrected chi connectivity index (χ1v) is 6.51. The maximum atomic E-state index is 13.4. The molecule has 0 fully saturated rings. The Morgan fingerprint density at radius 1 is 1.33 bits per heavy atom. The smallest absolute Gasteiger partial charge is 0.252 e. The van der Waals surface area contributed by atoms with Gasteiger partial charge in [-0.1, -0.05) is 17.7 Å². The summed E-state index contributed by atoms with van der Waals surface area (Å²) >= 11 is 7.15. The number of hydrogen-bond acceptors (Lipinski definition) is 3. The minimum absolute atomic E-state index is 0.00887. The van der Waals surface area contributed by atoms with Gasteiger partial charge in [0.15, 0.2) is 0 Å². The molecule has 1 unspecified atom stereocenters. The van der Waals surface area contributed by atoms with E-state index in [1.807, 2.05) is 17.5 Å². The molecule has 1 aliphatic heterocycles. The van der Waals surface area contributed by atoms with Gasteiger partial charge >= 0.3 is 0 Å². The van der Waals surface area contributed by atoms with Gasteiger partial charge in [-0.3, -0.25) is 4.79 Å². The van der Waals surface area contributed by atoms with Crippen LogP contribution in [0.15, 0.2) is 29.6 Å². The maximum absolute atomic E-state index is 13.4. The van der Waals surface area contributed by atoms with Crippen molar-refractivity contribution in [2.75, 3.05) is 10.6 Å². The van der Waals surface area contributed by atoms with Gasteiger partial charge in [0.05, 0.1) is 16.4 Å². The molecule has 2 aromatic rings. The van der Waals surface area contributed by atoms with Crippen LogP contribution in [0.2, 0.25) is 5.02 Å². The molecule has 0 bridgehead atoms. The normalized spacial score (nSPS) is 17.9. The molecule has 1 aromatic heterocycles. The number of carbonyl (C=O) groups excluding carboxylic acids is 1. The summed E-state index contributed by atoms with van der Waals surface area (Å²) in [4.78, 5) is 12.8. The zero-order chi connectivity index (χ0) is 12.7. The van der Waals surface area contributed by atoms with Gasteiger partial charge in [0.25, 0.3) is 5.91 Å². The van der Waals surface area contributed by atoms with Crippen molar-refractivity contribution >= 4 is 40.2 Å². The molecule has 1 aromatic carbocycles. The molecular weight excluding hydrogens is 275 g/mol. The van der Waals surface area contributed by atoms with Gasteiger partial charge in [-0.15, -0.1) is 11.3 Å². The lowest BCUT2D eigenvalue weighted by atomic mass is 10.1. The van der Waals surface area contributed by atoms with E-state index < -0.39 is 11.9 Å². The molecule has 1 aliphatic rings.